The third kappa shape index (κ3) is 2.96. The Balaban J connectivity index is 1.94. The molecule has 0 aliphatic heterocycles. The zero-order valence-electron chi connectivity index (χ0n) is 18.4. The Hall–Kier alpha value is -3.41. The predicted molar refractivity (Wildman–Crippen MR) is 116 cm³/mol. The van der Waals surface area contributed by atoms with Crippen LogP contribution < -0.4 is 16.6 Å². The Morgan fingerprint density at radius 3 is 2.33 bits per heavy atom. The molecule has 0 aromatic heterocycles. The largest absolute Gasteiger partial charge is 0.510 e. The third-order valence-electron chi connectivity index (χ3n) is 6.92. The van der Waals surface area contributed by atoms with Gasteiger partial charge in [0.2, 0.25) is 5.78 Å². The first kappa shape index (κ1) is 22.8. The number of Topliss-reactive ketones (excluding diaryl/α,β-unsaturated/α-hetero) is 2. The second-order valence-corrected chi connectivity index (χ2v) is 9.07. The van der Waals surface area contributed by atoms with E-state index in [1.165, 1.54) is 16.0 Å². The van der Waals surface area contributed by atoms with Crippen molar-refractivity contribution in [1.82, 2.24) is 4.90 Å². The van der Waals surface area contributed by atoms with Crippen LogP contribution in [0.4, 0.5) is 5.69 Å². The number of phenolic OH excluding ortho intramolecular Hbond substituents is 1. The van der Waals surface area contributed by atoms with Gasteiger partial charge in [0.25, 0.3) is 5.91 Å². The Bertz CT molecular complexity index is 1170. The maximum atomic E-state index is 13.4. The molecule has 4 atom stereocenters. The van der Waals surface area contributed by atoms with Gasteiger partial charge in [0.05, 0.1) is 17.3 Å². The van der Waals surface area contributed by atoms with Crippen molar-refractivity contribution in [2.45, 2.75) is 24.5 Å². The zero-order valence-corrected chi connectivity index (χ0v) is 18.4. The van der Waals surface area contributed by atoms with Crippen molar-refractivity contribution >= 4 is 23.2 Å². The van der Waals surface area contributed by atoms with Crippen LogP contribution in [0.2, 0.25) is 0 Å². The Kier molecular flexibility index (Phi) is 5.04. The van der Waals surface area contributed by atoms with Crippen LogP contribution in [0.25, 0.3) is 0 Å². The molecule has 0 bridgehead atoms. The molecule has 176 valence electrons. The summed E-state index contributed by atoms with van der Waals surface area (Å²) in [5.41, 5.74) is 2.54. The normalized spacial score (nSPS) is 29.1. The smallest absolute Gasteiger partial charge is 0.255 e. The fraction of sp³-hybridized carbons (Fsp3) is 0.409. The minimum Gasteiger partial charge on any atom is -0.510 e. The number of allylic oxidation sites excluding steroid dienone is 1. The number of fused-ring (bicyclic) bond motifs is 3. The molecule has 1 amide bonds. The number of aliphatic hydroxyl groups is 3. The van der Waals surface area contributed by atoms with Gasteiger partial charge >= 0.3 is 0 Å². The van der Waals surface area contributed by atoms with Gasteiger partial charge in [0.15, 0.2) is 11.4 Å². The van der Waals surface area contributed by atoms with E-state index in [9.17, 15) is 34.8 Å². The number of likely N-dealkylation sites (N-methyl/N-ethyl adjacent to an activating group) is 1. The summed E-state index contributed by atoms with van der Waals surface area (Å²) in [5.74, 6) is -0.998. The zero-order chi connectivity index (χ0) is 24.6. The molecular formula is C22H26N4O7. The van der Waals surface area contributed by atoms with E-state index in [1.54, 1.807) is 27.2 Å². The molecule has 11 heteroatoms. The number of carbonyl (C=O) groups is 3. The topological polar surface area (TPSA) is 191 Å². The molecule has 0 fully saturated rings. The van der Waals surface area contributed by atoms with Gasteiger partial charge in [0.1, 0.15) is 22.8 Å². The molecule has 1 aromatic rings. The molecular weight excluding hydrogens is 432 g/mol. The second kappa shape index (κ2) is 7.30. The van der Waals surface area contributed by atoms with E-state index in [4.69, 9.17) is 11.6 Å². The van der Waals surface area contributed by atoms with Gasteiger partial charge in [-0.3, -0.25) is 19.3 Å². The Morgan fingerprint density at radius 2 is 1.79 bits per heavy atom. The number of phenols is 1. The van der Waals surface area contributed by atoms with Crippen LogP contribution >= 0.6 is 0 Å². The van der Waals surface area contributed by atoms with E-state index in [0.29, 0.717) is 11.3 Å². The number of nitrogens with zero attached hydrogens (tertiary/aromatic N) is 2. The van der Waals surface area contributed by atoms with Crippen LogP contribution in [0.5, 0.6) is 5.75 Å². The molecule has 3 aliphatic rings. The SMILES string of the molecule is CN(N)c1cc(O)c2c(c1)C[C@H]1C[C@H]3[C@H](N(C)C)C(O)=C(C(N)=O)C(=O)[C@@]3(O)C(O)=C1C2=O. The fourth-order valence-electron chi connectivity index (χ4n) is 5.46. The van der Waals surface area contributed by atoms with Crippen molar-refractivity contribution < 1.29 is 34.8 Å². The lowest BCUT2D eigenvalue weighted by Crippen LogP contribution is -2.63. The van der Waals surface area contributed by atoms with Crippen molar-refractivity contribution in [3.05, 3.63) is 45.9 Å². The van der Waals surface area contributed by atoms with Crippen molar-refractivity contribution in [3.8, 4) is 5.75 Å². The maximum absolute atomic E-state index is 13.4. The summed E-state index contributed by atoms with van der Waals surface area (Å²) in [6.07, 6.45) is 0.249. The van der Waals surface area contributed by atoms with Crippen molar-refractivity contribution in [2.75, 3.05) is 26.2 Å². The molecule has 0 heterocycles. The van der Waals surface area contributed by atoms with E-state index >= 15 is 0 Å². The number of amides is 1. The summed E-state index contributed by atoms with van der Waals surface area (Å²) in [6, 6.07) is 1.93. The van der Waals surface area contributed by atoms with Crippen molar-refractivity contribution in [2.24, 2.45) is 23.4 Å². The van der Waals surface area contributed by atoms with Crippen molar-refractivity contribution in [3.63, 3.8) is 0 Å². The monoisotopic (exact) mass is 458 g/mol. The van der Waals surface area contributed by atoms with E-state index in [-0.39, 0.29) is 29.7 Å². The maximum Gasteiger partial charge on any atom is 0.255 e. The highest BCUT2D eigenvalue weighted by molar-refractivity contribution is 6.24. The number of hydrazine groups is 1. The standard InChI is InChI=1S/C22H26N4O7/c1-25(2)16-11-6-9-4-8-5-10(26(3)24)7-12(27)13(8)17(28)14(9)19(30)22(11,33)20(31)15(18(16)29)21(23)32/h5,7,9,11,16,27,29-30,33H,4,6,24H2,1-3H3,(H2,23,32)/t9-,11-,16-,22-/m0/s1. The van der Waals surface area contributed by atoms with Gasteiger partial charge in [-0.15, -0.1) is 0 Å². The average molecular weight is 458 g/mol. The molecule has 33 heavy (non-hydrogen) atoms. The molecule has 0 unspecified atom stereocenters. The van der Waals surface area contributed by atoms with Crippen LogP contribution in [0.15, 0.2) is 34.8 Å². The molecule has 1 aromatic carbocycles. The number of hydrogen-bond donors (Lipinski definition) is 6. The van der Waals surface area contributed by atoms with Gasteiger partial charge in [0, 0.05) is 24.6 Å². The molecule has 0 saturated carbocycles. The highest BCUT2D eigenvalue weighted by Gasteiger charge is 2.63. The number of benzene rings is 1. The first-order valence-electron chi connectivity index (χ1n) is 10.3. The first-order valence-corrected chi connectivity index (χ1v) is 10.3. The lowest BCUT2D eigenvalue weighted by Gasteiger charge is -2.50. The predicted octanol–water partition coefficient (Wildman–Crippen LogP) is -0.569. The van der Waals surface area contributed by atoms with E-state index in [1.807, 2.05) is 0 Å². The Labute approximate surface area is 189 Å². The van der Waals surface area contributed by atoms with Crippen LogP contribution in [0, 0.1) is 11.8 Å². The number of aromatic hydroxyl groups is 1. The number of aliphatic hydroxyl groups excluding tert-OH is 2. The van der Waals surface area contributed by atoms with Crippen LogP contribution in [-0.2, 0) is 16.0 Å². The highest BCUT2D eigenvalue weighted by Crippen LogP contribution is 2.52. The number of carbonyl (C=O) groups excluding carboxylic acids is 3. The molecule has 3 aliphatic carbocycles. The minimum absolute atomic E-state index is 0.0369. The van der Waals surface area contributed by atoms with Crippen LogP contribution in [0.1, 0.15) is 22.3 Å². The second-order valence-electron chi connectivity index (χ2n) is 9.07. The number of hydrogen-bond acceptors (Lipinski definition) is 10. The highest BCUT2D eigenvalue weighted by atomic mass is 16.3. The van der Waals surface area contributed by atoms with Crippen molar-refractivity contribution in [1.29, 1.82) is 0 Å². The number of primary amides is 1. The Morgan fingerprint density at radius 1 is 1.15 bits per heavy atom. The quantitative estimate of drug-likeness (QED) is 0.194. The molecule has 0 saturated heterocycles. The van der Waals surface area contributed by atoms with Gasteiger partial charge in [-0.1, -0.05) is 0 Å². The molecule has 0 spiro atoms. The van der Waals surface area contributed by atoms with E-state index < -0.39 is 58.0 Å². The van der Waals surface area contributed by atoms with Crippen LogP contribution in [-0.4, -0.2) is 75.6 Å². The number of rotatable bonds is 3. The lowest BCUT2D eigenvalue weighted by atomic mass is 9.58. The van der Waals surface area contributed by atoms with Gasteiger partial charge in [-0.25, -0.2) is 5.84 Å². The molecule has 4 rings (SSSR count). The number of anilines is 1. The average Bonchev–Trinajstić information content (AvgIpc) is 2.69. The third-order valence-corrected chi connectivity index (χ3v) is 6.92. The minimum atomic E-state index is -2.64. The summed E-state index contributed by atoms with van der Waals surface area (Å²) in [6.45, 7) is 0. The van der Waals surface area contributed by atoms with Crippen LogP contribution in [0.3, 0.4) is 0 Å². The fourth-order valence-corrected chi connectivity index (χ4v) is 5.46. The summed E-state index contributed by atoms with van der Waals surface area (Å²) in [4.78, 5) is 40.0. The first-order chi connectivity index (χ1) is 15.3. The number of ketones is 2. The van der Waals surface area contributed by atoms with Gasteiger partial charge in [-0.05, 0) is 44.5 Å². The summed E-state index contributed by atoms with van der Waals surface area (Å²) in [5, 5.41) is 45.1. The summed E-state index contributed by atoms with van der Waals surface area (Å²) < 4.78 is 0. The van der Waals surface area contributed by atoms with E-state index in [0.717, 1.165) is 0 Å². The summed E-state index contributed by atoms with van der Waals surface area (Å²) >= 11 is 0. The lowest BCUT2D eigenvalue weighted by molar-refractivity contribution is -0.148. The molecule has 0 radical (unpaired) electrons. The summed E-state index contributed by atoms with van der Waals surface area (Å²) in [7, 11) is 4.73. The van der Waals surface area contributed by atoms with E-state index in [2.05, 4.69) is 0 Å². The van der Waals surface area contributed by atoms with Gasteiger partial charge < -0.3 is 31.2 Å². The number of nitrogens with two attached hydrogens (primary N) is 2. The molecule has 11 nitrogen and oxygen atoms in total. The molecule has 8 N–H and O–H groups in total. The van der Waals surface area contributed by atoms with Gasteiger partial charge in [-0.2, -0.15) is 0 Å².